The molecule has 0 saturated heterocycles. The van der Waals surface area contributed by atoms with Gasteiger partial charge in [-0.2, -0.15) is 0 Å². The highest BCUT2D eigenvalue weighted by Crippen LogP contribution is 2.32. The number of hydrogen-bond donors (Lipinski definition) is 0. The number of ether oxygens (including phenoxy) is 2. The zero-order valence-corrected chi connectivity index (χ0v) is 23.4. The molecule has 0 unspecified atom stereocenters. The number of fused-ring (bicyclic) bond motifs is 1. The lowest BCUT2D eigenvalue weighted by Gasteiger charge is -2.16. The van der Waals surface area contributed by atoms with Crippen LogP contribution >= 0.6 is 0 Å². The zero-order chi connectivity index (χ0) is 28.4. The topological polar surface area (TPSA) is 21.7 Å². The van der Waals surface area contributed by atoms with Crippen molar-refractivity contribution < 1.29 is 9.47 Å². The van der Waals surface area contributed by atoms with Crippen LogP contribution in [0.2, 0.25) is 0 Å². The van der Waals surface area contributed by atoms with Crippen LogP contribution in [0.25, 0.3) is 22.3 Å². The summed E-state index contributed by atoms with van der Waals surface area (Å²) in [5.41, 5.74) is 8.03. The third-order valence-electron chi connectivity index (χ3n) is 7.21. The molecule has 3 nitrogen and oxygen atoms in total. The Morgan fingerprint density at radius 2 is 1.02 bits per heavy atom. The average molecular weight is 546 g/mol. The second-order valence-corrected chi connectivity index (χ2v) is 10.1. The van der Waals surface area contributed by atoms with Gasteiger partial charge in [-0.05, 0) is 70.6 Å². The van der Waals surface area contributed by atoms with Crippen LogP contribution in [-0.4, -0.2) is 31.3 Å². The Labute approximate surface area is 248 Å². The molecule has 0 amide bonds. The largest absolute Gasteiger partial charge is 0.454 e. The summed E-state index contributed by atoms with van der Waals surface area (Å²) in [6.45, 7) is 2.39. The van der Waals surface area contributed by atoms with Crippen molar-refractivity contribution in [1.29, 1.82) is 0 Å². The van der Waals surface area contributed by atoms with E-state index in [4.69, 9.17) is 9.47 Å². The van der Waals surface area contributed by atoms with Crippen LogP contribution in [0.1, 0.15) is 16.7 Å². The molecule has 0 bridgehead atoms. The molecule has 1 heterocycles. The molecule has 0 aromatic heterocycles. The summed E-state index contributed by atoms with van der Waals surface area (Å²) < 4.78 is 11.0. The summed E-state index contributed by atoms with van der Waals surface area (Å²) in [4.78, 5) is 2.29. The second kappa shape index (κ2) is 13.4. The number of nitrogens with zero attached hydrogens (tertiary/aromatic N) is 1. The molecule has 3 heteroatoms. The lowest BCUT2D eigenvalue weighted by atomic mass is 10.0. The van der Waals surface area contributed by atoms with Crippen molar-refractivity contribution in [3.8, 4) is 57.4 Å². The third kappa shape index (κ3) is 7.10. The van der Waals surface area contributed by atoms with Crippen LogP contribution in [0.3, 0.4) is 0 Å². The highest BCUT2D eigenvalue weighted by atomic mass is 16.7. The summed E-state index contributed by atoms with van der Waals surface area (Å²) in [6.07, 6.45) is 0.873. The maximum atomic E-state index is 5.57. The Morgan fingerprint density at radius 1 is 0.524 bits per heavy atom. The van der Waals surface area contributed by atoms with E-state index in [1.165, 1.54) is 27.8 Å². The average Bonchev–Trinajstić information content (AvgIpc) is 3.53. The first-order valence-electron chi connectivity index (χ1n) is 14.2. The summed E-state index contributed by atoms with van der Waals surface area (Å²) in [5.74, 6) is 15.1. The molecule has 0 spiro atoms. The molecule has 204 valence electrons. The van der Waals surface area contributed by atoms with E-state index in [1.807, 2.05) is 18.2 Å². The van der Waals surface area contributed by atoms with Crippen LogP contribution in [0.5, 0.6) is 11.5 Å². The molecule has 1 aliphatic rings. The predicted molar refractivity (Wildman–Crippen MR) is 170 cm³/mol. The summed E-state index contributed by atoms with van der Waals surface area (Å²) in [6, 6.07) is 43.8. The molecule has 5 aromatic rings. The smallest absolute Gasteiger partial charge is 0.231 e. The minimum Gasteiger partial charge on any atom is -0.454 e. The molecule has 0 N–H and O–H groups in total. The minimum absolute atomic E-state index is 0.286. The van der Waals surface area contributed by atoms with Gasteiger partial charge in [-0.15, -0.1) is 0 Å². The Balaban J connectivity index is 1.12. The molecule has 0 aliphatic carbocycles. The molecule has 1 aliphatic heterocycles. The summed E-state index contributed by atoms with van der Waals surface area (Å²) >= 11 is 0. The van der Waals surface area contributed by atoms with Gasteiger partial charge in [-0.3, -0.25) is 4.90 Å². The lowest BCUT2D eigenvalue weighted by molar-refractivity contribution is 0.174. The minimum atomic E-state index is 0.286. The maximum absolute atomic E-state index is 5.57. The first kappa shape index (κ1) is 27.0. The zero-order valence-electron chi connectivity index (χ0n) is 23.4. The van der Waals surface area contributed by atoms with Crippen LogP contribution in [0.15, 0.2) is 127 Å². The third-order valence-corrected chi connectivity index (χ3v) is 7.21. The van der Waals surface area contributed by atoms with E-state index in [0.717, 1.165) is 35.6 Å². The monoisotopic (exact) mass is 545 g/mol. The Bertz CT molecular complexity index is 1630. The molecule has 0 saturated carbocycles. The van der Waals surface area contributed by atoms with Crippen LogP contribution in [0.4, 0.5) is 0 Å². The highest BCUT2D eigenvalue weighted by Gasteiger charge is 2.13. The Hall–Kier alpha value is -5.22. The van der Waals surface area contributed by atoms with Crippen LogP contribution < -0.4 is 9.47 Å². The van der Waals surface area contributed by atoms with Crippen molar-refractivity contribution in [3.63, 3.8) is 0 Å². The fourth-order valence-electron chi connectivity index (χ4n) is 4.86. The van der Waals surface area contributed by atoms with Gasteiger partial charge in [-0.1, -0.05) is 115 Å². The van der Waals surface area contributed by atoms with Crippen molar-refractivity contribution in [3.05, 3.63) is 144 Å². The van der Waals surface area contributed by atoms with Gasteiger partial charge in [0.05, 0.1) is 13.1 Å². The standard InChI is InChI=1S/C39H31NO2/c1-3-11-34(12-4-1)36-20-15-31(16-21-36)9-7-26-40(28-25-33-19-24-38-39(29-33)42-30-41-38)27-8-10-32-17-22-37(23-18-32)35-13-5-2-6-14-35/h1-6,11-24,29H,25-28,30H2. The highest BCUT2D eigenvalue weighted by molar-refractivity contribution is 5.65. The molecule has 0 radical (unpaired) electrons. The molecule has 42 heavy (non-hydrogen) atoms. The summed E-state index contributed by atoms with van der Waals surface area (Å²) in [7, 11) is 0. The Kier molecular flexibility index (Phi) is 8.62. The Morgan fingerprint density at radius 3 is 1.57 bits per heavy atom. The number of hydrogen-bond acceptors (Lipinski definition) is 3. The fourth-order valence-corrected chi connectivity index (χ4v) is 4.86. The van der Waals surface area contributed by atoms with Gasteiger partial charge in [0, 0.05) is 17.7 Å². The quantitative estimate of drug-likeness (QED) is 0.196. The SMILES string of the molecule is C(#Cc1ccc(-c2ccccc2)cc1)CN(CC#Cc1ccc(-c2ccccc2)cc1)CCc1ccc2c(c1)OCO2. The van der Waals surface area contributed by atoms with Crippen molar-refractivity contribution in [2.45, 2.75) is 6.42 Å². The van der Waals surface area contributed by atoms with Crippen molar-refractivity contribution in [1.82, 2.24) is 4.90 Å². The first-order chi connectivity index (χ1) is 20.8. The molecular formula is C39H31NO2. The van der Waals surface area contributed by atoms with Gasteiger partial charge < -0.3 is 9.47 Å². The van der Waals surface area contributed by atoms with Crippen LogP contribution in [0, 0.1) is 23.7 Å². The first-order valence-corrected chi connectivity index (χ1v) is 14.2. The van der Waals surface area contributed by atoms with Crippen molar-refractivity contribution >= 4 is 0 Å². The predicted octanol–water partition coefficient (Wildman–Crippen LogP) is 7.70. The van der Waals surface area contributed by atoms with Crippen LogP contribution in [-0.2, 0) is 6.42 Å². The molecule has 6 rings (SSSR count). The molecule has 0 fully saturated rings. The van der Waals surface area contributed by atoms with Crippen molar-refractivity contribution in [2.24, 2.45) is 0 Å². The van der Waals surface area contributed by atoms with E-state index in [0.29, 0.717) is 13.1 Å². The summed E-state index contributed by atoms with van der Waals surface area (Å²) in [5, 5.41) is 0. The van der Waals surface area contributed by atoms with Crippen molar-refractivity contribution in [2.75, 3.05) is 26.4 Å². The van der Waals surface area contributed by atoms with Gasteiger partial charge >= 0.3 is 0 Å². The van der Waals surface area contributed by atoms with Gasteiger partial charge in [0.1, 0.15) is 0 Å². The second-order valence-electron chi connectivity index (χ2n) is 10.1. The van der Waals surface area contributed by atoms with Gasteiger partial charge in [0.25, 0.3) is 0 Å². The van der Waals surface area contributed by atoms with E-state index < -0.39 is 0 Å². The van der Waals surface area contributed by atoms with Gasteiger partial charge in [0.2, 0.25) is 6.79 Å². The van der Waals surface area contributed by atoms with E-state index in [-0.39, 0.29) is 6.79 Å². The normalized spacial score (nSPS) is 11.4. The molecular weight excluding hydrogens is 514 g/mol. The van der Waals surface area contributed by atoms with Gasteiger partial charge in [-0.25, -0.2) is 0 Å². The number of benzene rings is 5. The van der Waals surface area contributed by atoms with Gasteiger partial charge in [0.15, 0.2) is 11.5 Å². The van der Waals surface area contributed by atoms with E-state index in [9.17, 15) is 0 Å². The number of rotatable bonds is 7. The van der Waals surface area contributed by atoms with E-state index >= 15 is 0 Å². The molecule has 0 atom stereocenters. The maximum Gasteiger partial charge on any atom is 0.231 e. The molecule has 5 aromatic carbocycles. The lowest BCUT2D eigenvalue weighted by Crippen LogP contribution is -2.27. The van der Waals surface area contributed by atoms with E-state index in [2.05, 4.69) is 138 Å². The van der Waals surface area contributed by atoms with E-state index in [1.54, 1.807) is 0 Å². The fraction of sp³-hybridized carbons (Fsp3) is 0.128.